The number of carboxylic acid groups (broad SMARTS) is 1. The van der Waals surface area contributed by atoms with Crippen LogP contribution in [-0.2, 0) is 10.8 Å². The van der Waals surface area contributed by atoms with Crippen molar-refractivity contribution in [2.45, 2.75) is 0 Å². The largest absolute Gasteiger partial charge is 0.476 e. The Labute approximate surface area is 88.4 Å². The Morgan fingerprint density at radius 3 is 2.73 bits per heavy atom. The van der Waals surface area contributed by atoms with Crippen LogP contribution < -0.4 is 4.90 Å². The first-order valence-electron chi connectivity index (χ1n) is 4.45. The van der Waals surface area contributed by atoms with E-state index in [-0.39, 0.29) is 5.69 Å². The van der Waals surface area contributed by atoms with Crippen LogP contribution in [0.15, 0.2) is 10.7 Å². The topological polar surface area (TPSA) is 83.6 Å². The maximum absolute atomic E-state index is 11.1. The van der Waals surface area contributed by atoms with Gasteiger partial charge in [-0.15, -0.1) is 0 Å². The maximum Gasteiger partial charge on any atom is 0.357 e. The molecule has 7 heteroatoms. The summed E-state index contributed by atoms with van der Waals surface area (Å²) < 4.78 is 16.1. The van der Waals surface area contributed by atoms with Crippen molar-refractivity contribution in [2.24, 2.45) is 0 Å². The normalized spacial score (nSPS) is 18.0. The molecule has 0 atom stereocenters. The van der Waals surface area contributed by atoms with Crippen molar-refractivity contribution in [3.63, 3.8) is 0 Å². The van der Waals surface area contributed by atoms with Gasteiger partial charge in [-0.25, -0.2) is 4.79 Å². The van der Waals surface area contributed by atoms with Crippen LogP contribution in [0.4, 0.5) is 6.01 Å². The molecule has 0 amide bonds. The molecule has 1 aliphatic rings. The summed E-state index contributed by atoms with van der Waals surface area (Å²) in [4.78, 5) is 16.2. The Kier molecular flexibility index (Phi) is 2.72. The number of anilines is 1. The fourth-order valence-electron chi connectivity index (χ4n) is 1.34. The standard InChI is InChI=1S/C8H10N2O4S/c11-7(12)6-5-14-8(9-6)10-1-3-15(13)4-2-10/h5H,1-4H2,(H,11,12). The van der Waals surface area contributed by atoms with Gasteiger partial charge >= 0.3 is 5.97 Å². The average Bonchev–Trinajstić information content (AvgIpc) is 2.68. The molecule has 0 saturated carbocycles. The number of carbonyl (C=O) groups is 1. The molecule has 0 spiro atoms. The van der Waals surface area contributed by atoms with Crippen molar-refractivity contribution in [1.29, 1.82) is 0 Å². The second kappa shape index (κ2) is 4.01. The molecule has 1 N–H and O–H groups in total. The van der Waals surface area contributed by atoms with Gasteiger partial charge in [-0.2, -0.15) is 4.98 Å². The monoisotopic (exact) mass is 230 g/mol. The highest BCUT2D eigenvalue weighted by molar-refractivity contribution is 7.85. The minimum Gasteiger partial charge on any atom is -0.476 e. The number of carboxylic acids is 1. The van der Waals surface area contributed by atoms with E-state index >= 15 is 0 Å². The summed E-state index contributed by atoms with van der Waals surface area (Å²) in [6.45, 7) is 1.18. The lowest BCUT2D eigenvalue weighted by atomic mass is 10.5. The van der Waals surface area contributed by atoms with Crippen molar-refractivity contribution in [3.8, 4) is 0 Å². The highest BCUT2D eigenvalue weighted by Crippen LogP contribution is 2.15. The van der Waals surface area contributed by atoms with E-state index in [1.165, 1.54) is 0 Å². The third kappa shape index (κ3) is 2.17. The summed E-state index contributed by atoms with van der Waals surface area (Å²) in [7, 11) is -0.764. The Hall–Kier alpha value is -1.37. The smallest absolute Gasteiger partial charge is 0.357 e. The van der Waals surface area contributed by atoms with Gasteiger partial charge in [0.2, 0.25) is 0 Å². The Balaban J connectivity index is 2.09. The van der Waals surface area contributed by atoms with E-state index < -0.39 is 16.8 Å². The fraction of sp³-hybridized carbons (Fsp3) is 0.500. The van der Waals surface area contributed by atoms with Crippen molar-refractivity contribution < 1.29 is 18.5 Å². The summed E-state index contributed by atoms with van der Waals surface area (Å²) in [5.74, 6) is 0.0424. The molecule has 1 fully saturated rings. The highest BCUT2D eigenvalue weighted by Gasteiger charge is 2.20. The molecule has 0 bridgehead atoms. The third-order valence-corrected chi connectivity index (χ3v) is 3.44. The molecule has 1 aliphatic heterocycles. The molecule has 0 aromatic carbocycles. The van der Waals surface area contributed by atoms with Gasteiger partial charge < -0.3 is 14.4 Å². The van der Waals surface area contributed by atoms with Gasteiger partial charge in [0, 0.05) is 35.4 Å². The van der Waals surface area contributed by atoms with Crippen LogP contribution in [0.25, 0.3) is 0 Å². The lowest BCUT2D eigenvalue weighted by molar-refractivity contribution is 0.0690. The predicted octanol–water partition coefficient (Wildman–Crippen LogP) is -0.0585. The van der Waals surface area contributed by atoms with Crippen LogP contribution in [0.3, 0.4) is 0 Å². The van der Waals surface area contributed by atoms with Gasteiger partial charge in [0.05, 0.1) is 0 Å². The van der Waals surface area contributed by atoms with Crippen LogP contribution in [0.5, 0.6) is 0 Å². The van der Waals surface area contributed by atoms with E-state index in [0.29, 0.717) is 30.6 Å². The molecule has 2 rings (SSSR count). The number of rotatable bonds is 2. The molecular formula is C8H10N2O4S. The molecule has 82 valence electrons. The summed E-state index contributed by atoms with van der Waals surface area (Å²) in [6, 6.07) is 0.295. The van der Waals surface area contributed by atoms with Gasteiger partial charge in [0.15, 0.2) is 5.69 Å². The Morgan fingerprint density at radius 2 is 2.20 bits per heavy atom. The van der Waals surface area contributed by atoms with E-state index in [0.717, 1.165) is 6.26 Å². The molecule has 15 heavy (non-hydrogen) atoms. The minimum absolute atomic E-state index is 0.100. The summed E-state index contributed by atoms with van der Waals surface area (Å²) in [6.07, 6.45) is 1.11. The summed E-state index contributed by atoms with van der Waals surface area (Å²) >= 11 is 0. The van der Waals surface area contributed by atoms with Crippen molar-refractivity contribution in [3.05, 3.63) is 12.0 Å². The van der Waals surface area contributed by atoms with Crippen LogP contribution in [-0.4, -0.2) is 44.9 Å². The zero-order valence-corrected chi connectivity index (χ0v) is 8.70. The van der Waals surface area contributed by atoms with E-state index in [2.05, 4.69) is 4.98 Å². The molecule has 1 aromatic heterocycles. The summed E-state index contributed by atoms with van der Waals surface area (Å²) in [5.41, 5.74) is -0.100. The molecule has 1 saturated heterocycles. The van der Waals surface area contributed by atoms with Crippen LogP contribution in [0.2, 0.25) is 0 Å². The Morgan fingerprint density at radius 1 is 1.53 bits per heavy atom. The van der Waals surface area contributed by atoms with Crippen molar-refractivity contribution in [2.75, 3.05) is 29.5 Å². The first kappa shape index (κ1) is 10.2. The van der Waals surface area contributed by atoms with Gasteiger partial charge in [-0.1, -0.05) is 0 Å². The van der Waals surface area contributed by atoms with Gasteiger partial charge in [0.25, 0.3) is 6.01 Å². The maximum atomic E-state index is 11.1. The quantitative estimate of drug-likeness (QED) is 0.766. The first-order chi connectivity index (χ1) is 7.16. The molecule has 0 radical (unpaired) electrons. The zero-order chi connectivity index (χ0) is 10.8. The third-order valence-electron chi connectivity index (χ3n) is 2.16. The van der Waals surface area contributed by atoms with E-state index in [1.54, 1.807) is 4.90 Å². The predicted molar refractivity (Wildman–Crippen MR) is 53.6 cm³/mol. The second-order valence-corrected chi connectivity index (χ2v) is 4.85. The zero-order valence-electron chi connectivity index (χ0n) is 7.88. The fourth-order valence-corrected chi connectivity index (χ4v) is 2.39. The van der Waals surface area contributed by atoms with Crippen molar-refractivity contribution in [1.82, 2.24) is 4.98 Å². The minimum atomic E-state index is -1.11. The lowest BCUT2D eigenvalue weighted by Gasteiger charge is -2.24. The lowest BCUT2D eigenvalue weighted by Crippen LogP contribution is -2.37. The van der Waals surface area contributed by atoms with Gasteiger partial charge in [-0.05, 0) is 0 Å². The first-order valence-corrected chi connectivity index (χ1v) is 5.94. The van der Waals surface area contributed by atoms with Crippen LogP contribution in [0, 0.1) is 0 Å². The van der Waals surface area contributed by atoms with Gasteiger partial charge in [-0.3, -0.25) is 4.21 Å². The molecule has 0 aliphatic carbocycles. The van der Waals surface area contributed by atoms with Crippen LogP contribution >= 0.6 is 0 Å². The number of aromatic nitrogens is 1. The van der Waals surface area contributed by atoms with E-state index in [4.69, 9.17) is 9.52 Å². The number of oxazole rings is 1. The molecule has 1 aromatic rings. The molecular weight excluding hydrogens is 220 g/mol. The van der Waals surface area contributed by atoms with E-state index in [9.17, 15) is 9.00 Å². The molecule has 2 heterocycles. The highest BCUT2D eigenvalue weighted by atomic mass is 32.2. The van der Waals surface area contributed by atoms with Gasteiger partial charge in [0.1, 0.15) is 6.26 Å². The van der Waals surface area contributed by atoms with Crippen LogP contribution in [0.1, 0.15) is 10.5 Å². The SMILES string of the molecule is O=C(O)c1coc(N2CCS(=O)CC2)n1. The number of hydrogen-bond acceptors (Lipinski definition) is 5. The second-order valence-electron chi connectivity index (χ2n) is 3.16. The molecule has 6 nitrogen and oxygen atoms in total. The average molecular weight is 230 g/mol. The number of hydrogen-bond donors (Lipinski definition) is 1. The number of nitrogens with zero attached hydrogens (tertiary/aromatic N) is 2. The summed E-state index contributed by atoms with van der Waals surface area (Å²) in [5, 5.41) is 8.65. The van der Waals surface area contributed by atoms with Crippen molar-refractivity contribution >= 4 is 22.8 Å². The molecule has 0 unspecified atom stereocenters. The number of aromatic carboxylic acids is 1. The van der Waals surface area contributed by atoms with E-state index in [1.807, 2.05) is 0 Å². The Bertz CT molecular complexity index is 393.